The number of hydrogen-bond donors (Lipinski definition) is 6. The molecule has 0 saturated heterocycles. The number of Topliss-reactive ketones (excluding diaryl/α,β-unsaturated/α-hetero) is 2. The zero-order valence-corrected chi connectivity index (χ0v) is 24.4. The molecule has 0 heterocycles. The number of likely N-dealkylation sites (N-methyl/N-ethyl adjacent to an activating group) is 1. The smallest absolute Gasteiger partial charge is 0.388 e. The number of esters is 1. The van der Waals surface area contributed by atoms with Gasteiger partial charge in [-0.1, -0.05) is 0 Å². The van der Waals surface area contributed by atoms with Crippen molar-refractivity contribution in [1.82, 2.24) is 20.9 Å². The zero-order chi connectivity index (χ0) is 31.8. The lowest BCUT2D eigenvalue weighted by Gasteiger charge is -2.25. The van der Waals surface area contributed by atoms with Gasteiger partial charge in [0.05, 0.1) is 19.3 Å². The van der Waals surface area contributed by atoms with E-state index in [0.29, 0.717) is 6.21 Å². The minimum atomic E-state index is -1.31. The Bertz CT molecular complexity index is 964. The van der Waals surface area contributed by atoms with Gasteiger partial charge in [0.2, 0.25) is 17.7 Å². The molecule has 3 atom stereocenters. The van der Waals surface area contributed by atoms with Crippen molar-refractivity contribution in [1.29, 1.82) is 5.41 Å². The van der Waals surface area contributed by atoms with Gasteiger partial charge in [-0.05, 0) is 54.1 Å². The van der Waals surface area contributed by atoms with E-state index in [0.717, 1.165) is 0 Å². The first-order chi connectivity index (χ1) is 19.0. The lowest BCUT2D eigenvalue weighted by Crippen LogP contribution is -2.58. The van der Waals surface area contributed by atoms with Crippen LogP contribution < -0.4 is 27.6 Å². The molecule has 0 saturated carbocycles. The molecule has 0 aromatic rings. The van der Waals surface area contributed by atoms with E-state index >= 15 is 0 Å². The van der Waals surface area contributed by atoms with E-state index in [2.05, 4.69) is 26.7 Å². The Morgan fingerprint density at radius 2 is 1.39 bits per heavy atom. The molecule has 0 bridgehead atoms. The molecular weight excluding hydrogens is 542 g/mol. The molecule has 9 N–H and O–H groups in total. The second-order valence-electron chi connectivity index (χ2n) is 10.5. The molecule has 41 heavy (non-hydrogen) atoms. The Balaban J connectivity index is 5.63. The van der Waals surface area contributed by atoms with Crippen LogP contribution in [-0.4, -0.2) is 103 Å². The fourth-order valence-electron chi connectivity index (χ4n) is 3.35. The van der Waals surface area contributed by atoms with Crippen molar-refractivity contribution in [2.45, 2.75) is 83.0 Å². The minimum absolute atomic E-state index is 0.00872. The third-order valence-corrected chi connectivity index (χ3v) is 5.32. The fraction of sp³-hybridized carbons (Fsp3) is 0.680. The standard InChI is InChI=1S/C25H43N7O9/c1-25(2,3)40-23(38)18(30-21(36)14-32(4)5)10-11-20(35)29-17(8-6-15(33)12-26)22(37)31-19(24(39)41-28)9-7-16(34)13-27/h13,17-19,27H,6-12,14,26H2,1-5,28H3,(H2-,29,30,31,35,36,37)/p+1. The molecule has 16 heteroatoms. The first-order valence-electron chi connectivity index (χ1n) is 13.0. The number of hydrogen-bond acceptors (Lipinski definition) is 12. The molecule has 0 fully saturated rings. The molecule has 0 rings (SSSR count). The largest absolute Gasteiger partial charge is 0.458 e. The summed E-state index contributed by atoms with van der Waals surface area (Å²) in [6.07, 6.45) is -0.639. The first kappa shape index (κ1) is 37.2. The second-order valence-corrected chi connectivity index (χ2v) is 10.5. The summed E-state index contributed by atoms with van der Waals surface area (Å²) in [5, 5.41) is 14.4. The van der Waals surface area contributed by atoms with Gasteiger partial charge in [-0.2, -0.15) is 5.90 Å². The molecule has 232 valence electrons. The van der Waals surface area contributed by atoms with E-state index in [1.165, 1.54) is 0 Å². The SMILES string of the molecule is CN(C)CC(=O)NC(CCC(=O)NC(CCC(=O)CN)C(=O)NC(CCC(=O)C=N)C(=O)O[NH3+])C(=O)OC(C)(C)C. The number of nitrogens with zero attached hydrogens (tertiary/aromatic N) is 1. The predicted octanol–water partition coefficient (Wildman–Crippen LogP) is -2.87. The number of ether oxygens (including phenoxy) is 1. The summed E-state index contributed by atoms with van der Waals surface area (Å²) >= 11 is 0. The fourth-order valence-corrected chi connectivity index (χ4v) is 3.35. The van der Waals surface area contributed by atoms with E-state index < -0.39 is 59.2 Å². The van der Waals surface area contributed by atoms with Crippen LogP contribution in [0.4, 0.5) is 0 Å². The average molecular weight is 587 g/mol. The molecule has 3 unspecified atom stereocenters. The van der Waals surface area contributed by atoms with Crippen molar-refractivity contribution in [3.63, 3.8) is 0 Å². The van der Waals surface area contributed by atoms with E-state index in [-0.39, 0.29) is 57.4 Å². The van der Waals surface area contributed by atoms with E-state index in [1.54, 1.807) is 39.8 Å². The number of carbonyl (C=O) groups is 7. The van der Waals surface area contributed by atoms with Gasteiger partial charge in [-0.25, -0.2) is 9.59 Å². The van der Waals surface area contributed by atoms with Crippen LogP contribution in [0.15, 0.2) is 0 Å². The highest BCUT2D eigenvalue weighted by molar-refractivity contribution is 6.26. The Morgan fingerprint density at radius 1 is 0.854 bits per heavy atom. The number of nitrogens with one attached hydrogen (secondary N) is 4. The van der Waals surface area contributed by atoms with Crippen molar-refractivity contribution in [2.75, 3.05) is 27.2 Å². The van der Waals surface area contributed by atoms with Crippen molar-refractivity contribution >= 4 is 47.4 Å². The van der Waals surface area contributed by atoms with Gasteiger partial charge in [0.15, 0.2) is 5.78 Å². The number of carbonyl (C=O) groups excluding carboxylic acids is 7. The first-order valence-corrected chi connectivity index (χ1v) is 13.0. The molecule has 0 aliphatic rings. The highest BCUT2D eigenvalue weighted by Gasteiger charge is 2.31. The maximum Gasteiger partial charge on any atom is 0.388 e. The third-order valence-electron chi connectivity index (χ3n) is 5.32. The number of nitrogens with two attached hydrogens (primary N) is 1. The summed E-state index contributed by atoms with van der Waals surface area (Å²) in [6, 6.07) is -3.75. The van der Waals surface area contributed by atoms with E-state index in [4.69, 9.17) is 15.9 Å². The number of amides is 3. The summed E-state index contributed by atoms with van der Waals surface area (Å²) in [5.74, 6) is -1.64. The van der Waals surface area contributed by atoms with Gasteiger partial charge in [0, 0.05) is 19.3 Å². The molecule has 0 aromatic heterocycles. The van der Waals surface area contributed by atoms with Crippen molar-refractivity contribution in [3.8, 4) is 0 Å². The predicted molar refractivity (Wildman–Crippen MR) is 145 cm³/mol. The monoisotopic (exact) mass is 586 g/mol. The Kier molecular flexibility index (Phi) is 16.9. The Labute approximate surface area is 239 Å². The maximum absolute atomic E-state index is 13.0. The highest BCUT2D eigenvalue weighted by atomic mass is 16.7. The lowest BCUT2D eigenvalue weighted by atomic mass is 10.0. The molecule has 3 amide bonds. The van der Waals surface area contributed by atoms with Crippen LogP contribution in [-0.2, 0) is 43.1 Å². The van der Waals surface area contributed by atoms with E-state index in [1.807, 2.05) is 0 Å². The highest BCUT2D eigenvalue weighted by Crippen LogP contribution is 2.12. The molecular formula is C25H44N7O9+. The molecule has 0 radical (unpaired) electrons. The summed E-state index contributed by atoms with van der Waals surface area (Å²) in [6.45, 7) is 4.67. The van der Waals surface area contributed by atoms with Crippen LogP contribution >= 0.6 is 0 Å². The molecule has 16 nitrogen and oxygen atoms in total. The zero-order valence-electron chi connectivity index (χ0n) is 24.4. The lowest BCUT2D eigenvalue weighted by molar-refractivity contribution is -0.657. The summed E-state index contributed by atoms with van der Waals surface area (Å²) < 4.78 is 5.36. The summed E-state index contributed by atoms with van der Waals surface area (Å²) in [7, 11) is 3.34. The van der Waals surface area contributed by atoms with Crippen molar-refractivity contribution < 1.29 is 49.0 Å². The molecule has 0 aliphatic heterocycles. The van der Waals surface area contributed by atoms with Crippen LogP contribution in [0.1, 0.15) is 59.3 Å². The number of ketones is 2. The van der Waals surface area contributed by atoms with Gasteiger partial charge in [0.1, 0.15) is 29.5 Å². The van der Waals surface area contributed by atoms with Crippen LogP contribution in [0.25, 0.3) is 0 Å². The topological polar surface area (TPSA) is 255 Å². The quantitative estimate of drug-likeness (QED) is 0.0509. The number of rotatable bonds is 19. The second kappa shape index (κ2) is 18.6. The van der Waals surface area contributed by atoms with Crippen LogP contribution in [0.3, 0.4) is 0 Å². The minimum Gasteiger partial charge on any atom is -0.458 e. The Hall–Kier alpha value is -3.76. The maximum atomic E-state index is 13.0. The van der Waals surface area contributed by atoms with Gasteiger partial charge < -0.3 is 36.7 Å². The van der Waals surface area contributed by atoms with Crippen LogP contribution in [0, 0.1) is 5.41 Å². The Morgan fingerprint density at radius 3 is 1.90 bits per heavy atom. The third kappa shape index (κ3) is 16.8. The molecule has 0 aliphatic carbocycles. The summed E-state index contributed by atoms with van der Waals surface area (Å²) in [5.41, 5.74) is 4.49. The van der Waals surface area contributed by atoms with E-state index in [9.17, 15) is 33.6 Å². The number of quaternary nitrogens is 1. The van der Waals surface area contributed by atoms with Gasteiger partial charge in [0.25, 0.3) is 0 Å². The molecule has 0 aromatic carbocycles. The van der Waals surface area contributed by atoms with Crippen molar-refractivity contribution in [2.24, 2.45) is 5.73 Å². The van der Waals surface area contributed by atoms with Crippen molar-refractivity contribution in [3.05, 3.63) is 0 Å². The van der Waals surface area contributed by atoms with Gasteiger partial charge in [-0.3, -0.25) is 28.8 Å². The molecule has 0 spiro atoms. The van der Waals surface area contributed by atoms with Crippen LogP contribution in [0.5, 0.6) is 0 Å². The summed E-state index contributed by atoms with van der Waals surface area (Å²) in [4.78, 5) is 92.2. The van der Waals surface area contributed by atoms with Crippen LogP contribution in [0.2, 0.25) is 0 Å². The average Bonchev–Trinajstić information content (AvgIpc) is 2.88. The van der Waals surface area contributed by atoms with Gasteiger partial charge in [-0.15, -0.1) is 0 Å². The normalized spacial score (nSPS) is 13.3. The van der Waals surface area contributed by atoms with Gasteiger partial charge >= 0.3 is 11.9 Å².